The Kier molecular flexibility index (Phi) is 9.17. The van der Waals surface area contributed by atoms with Crippen LogP contribution in [-0.2, 0) is 21.3 Å². The highest BCUT2D eigenvalue weighted by atomic mass is 19.4. The summed E-state index contributed by atoms with van der Waals surface area (Å²) in [5.74, 6) is -1.03. The zero-order chi connectivity index (χ0) is 33.6. The molecule has 2 N–H and O–H groups in total. The highest BCUT2D eigenvalue weighted by Gasteiger charge is 2.48. The fraction of sp³-hybridized carbons (Fsp3) is 0.594. The van der Waals surface area contributed by atoms with Crippen LogP contribution in [0.3, 0.4) is 0 Å². The Hall–Kier alpha value is -3.43. The van der Waals surface area contributed by atoms with Gasteiger partial charge in [0.05, 0.1) is 42.8 Å². The van der Waals surface area contributed by atoms with Crippen molar-refractivity contribution in [2.45, 2.75) is 80.7 Å². The SMILES string of the molecule is O=C(NCC(=O)N1CC[C@@H]2[C@H]1CCN2C1CCC(O)(c2ccc(N3CCO[C@H](C(F)(F)F)C3)cn2)CC1)c1cccc(C(F)(F)F)c1. The van der Waals surface area contributed by atoms with E-state index < -0.39 is 35.5 Å². The van der Waals surface area contributed by atoms with Gasteiger partial charge >= 0.3 is 12.4 Å². The fourth-order valence-corrected chi connectivity index (χ4v) is 7.58. The molecular weight excluding hydrogens is 632 g/mol. The maximum absolute atomic E-state index is 13.1. The molecule has 47 heavy (non-hydrogen) atoms. The van der Waals surface area contributed by atoms with Gasteiger partial charge in [0, 0.05) is 43.3 Å². The maximum Gasteiger partial charge on any atom is 0.416 e. The lowest BCUT2D eigenvalue weighted by molar-refractivity contribution is -0.221. The summed E-state index contributed by atoms with van der Waals surface area (Å²) in [5.41, 5.74) is -1.22. The smallest absolute Gasteiger partial charge is 0.384 e. The Morgan fingerprint density at radius 3 is 2.40 bits per heavy atom. The molecule has 15 heteroatoms. The van der Waals surface area contributed by atoms with E-state index >= 15 is 0 Å². The van der Waals surface area contributed by atoms with Crippen LogP contribution in [0, 0.1) is 0 Å². The molecule has 0 radical (unpaired) electrons. The van der Waals surface area contributed by atoms with Gasteiger partial charge in [-0.3, -0.25) is 19.5 Å². The Labute approximate surface area is 267 Å². The van der Waals surface area contributed by atoms with Crippen molar-refractivity contribution in [3.63, 3.8) is 0 Å². The number of anilines is 1. The van der Waals surface area contributed by atoms with Gasteiger partial charge in [0.2, 0.25) is 5.91 Å². The number of carbonyl (C=O) groups excluding carboxylic acids is 2. The molecule has 0 spiro atoms. The normalized spacial score (nSPS) is 28.7. The van der Waals surface area contributed by atoms with Crippen molar-refractivity contribution in [1.82, 2.24) is 20.1 Å². The number of fused-ring (bicyclic) bond motifs is 1. The number of aliphatic hydroxyl groups is 1. The van der Waals surface area contributed by atoms with Crippen molar-refractivity contribution in [3.8, 4) is 0 Å². The number of morpholine rings is 1. The molecule has 0 bridgehead atoms. The number of ether oxygens (including phenoxy) is 1. The number of alkyl halides is 6. The molecule has 4 aliphatic rings. The van der Waals surface area contributed by atoms with Gasteiger partial charge in [-0.2, -0.15) is 26.3 Å². The van der Waals surface area contributed by atoms with Gasteiger partial charge in [0.1, 0.15) is 5.60 Å². The van der Waals surface area contributed by atoms with Crippen LogP contribution in [0.4, 0.5) is 32.0 Å². The van der Waals surface area contributed by atoms with Gasteiger partial charge in [-0.25, -0.2) is 0 Å². The summed E-state index contributed by atoms with van der Waals surface area (Å²) in [4.78, 5) is 35.8. The van der Waals surface area contributed by atoms with E-state index in [1.807, 2.05) is 0 Å². The summed E-state index contributed by atoms with van der Waals surface area (Å²) in [6.07, 6.45) is -5.50. The lowest BCUT2D eigenvalue weighted by Crippen LogP contribution is -2.49. The van der Waals surface area contributed by atoms with E-state index in [9.17, 15) is 41.0 Å². The third-order valence-electron chi connectivity index (χ3n) is 10.1. The molecule has 6 rings (SSSR count). The number of aromatic nitrogens is 1. The standard InChI is InChI=1S/C32H37F6N5O4/c33-31(34,35)21-3-1-2-20(16-21)29(45)40-18-28(44)43-13-9-24-25(43)8-12-42(24)22-6-10-30(46,11-7-22)26-5-4-23(17-39-26)41-14-15-47-27(19-41)32(36,37)38/h1-5,16-17,22,24-25,27,46H,6-15,18-19H2,(H,40,45)/t22?,24-,25-,27+,30?/m1/s1. The monoisotopic (exact) mass is 669 g/mol. The average molecular weight is 670 g/mol. The highest BCUT2D eigenvalue weighted by molar-refractivity contribution is 5.96. The number of nitrogens with zero attached hydrogens (tertiary/aromatic N) is 4. The van der Waals surface area contributed by atoms with E-state index in [1.165, 1.54) is 12.3 Å². The largest absolute Gasteiger partial charge is 0.416 e. The first-order valence-corrected chi connectivity index (χ1v) is 15.9. The summed E-state index contributed by atoms with van der Waals surface area (Å²) in [6, 6.07) is 7.76. The van der Waals surface area contributed by atoms with E-state index in [-0.39, 0.29) is 49.3 Å². The van der Waals surface area contributed by atoms with Crippen molar-refractivity contribution >= 4 is 17.5 Å². The van der Waals surface area contributed by atoms with E-state index in [4.69, 9.17) is 4.74 Å². The minimum Gasteiger partial charge on any atom is -0.384 e. The third kappa shape index (κ3) is 7.07. The fourth-order valence-electron chi connectivity index (χ4n) is 7.58. The quantitative estimate of drug-likeness (QED) is 0.448. The van der Waals surface area contributed by atoms with Gasteiger partial charge in [-0.15, -0.1) is 0 Å². The number of amides is 2. The Bertz CT molecular complexity index is 1450. The van der Waals surface area contributed by atoms with Gasteiger partial charge < -0.3 is 25.0 Å². The second-order valence-corrected chi connectivity index (χ2v) is 12.8. The van der Waals surface area contributed by atoms with Crippen molar-refractivity contribution < 1.29 is 45.8 Å². The predicted octanol–water partition coefficient (Wildman–Crippen LogP) is 4.10. The molecule has 256 valence electrons. The van der Waals surface area contributed by atoms with Crippen LogP contribution in [-0.4, -0.2) is 101 Å². The first kappa shape index (κ1) is 33.5. The molecule has 2 aromatic rings. The molecule has 1 aromatic carbocycles. The number of carbonyl (C=O) groups is 2. The van der Waals surface area contributed by atoms with Crippen LogP contribution < -0.4 is 10.2 Å². The molecule has 4 heterocycles. The molecule has 3 atom stereocenters. The lowest BCUT2D eigenvalue weighted by Gasteiger charge is -2.41. The van der Waals surface area contributed by atoms with Gasteiger partial charge in [-0.1, -0.05) is 6.07 Å². The van der Waals surface area contributed by atoms with Crippen LogP contribution in [0.15, 0.2) is 42.6 Å². The molecule has 1 aromatic heterocycles. The first-order valence-electron chi connectivity index (χ1n) is 15.9. The molecular formula is C32H37F6N5O4. The van der Waals surface area contributed by atoms with Crippen LogP contribution in [0.2, 0.25) is 0 Å². The van der Waals surface area contributed by atoms with E-state index in [0.29, 0.717) is 50.2 Å². The molecule has 9 nitrogen and oxygen atoms in total. The first-order chi connectivity index (χ1) is 22.2. The van der Waals surface area contributed by atoms with Crippen LogP contribution in [0.25, 0.3) is 0 Å². The van der Waals surface area contributed by atoms with Crippen LogP contribution in [0.5, 0.6) is 0 Å². The third-order valence-corrected chi connectivity index (χ3v) is 10.1. The number of rotatable bonds is 6. The zero-order valence-corrected chi connectivity index (χ0v) is 25.6. The Morgan fingerprint density at radius 2 is 1.72 bits per heavy atom. The molecule has 4 fully saturated rings. The molecule has 0 unspecified atom stereocenters. The number of pyridine rings is 1. The zero-order valence-electron chi connectivity index (χ0n) is 25.6. The second kappa shape index (κ2) is 12.9. The van der Waals surface area contributed by atoms with Gasteiger partial charge in [0.25, 0.3) is 5.91 Å². The highest BCUT2D eigenvalue weighted by Crippen LogP contribution is 2.42. The second-order valence-electron chi connectivity index (χ2n) is 12.8. The maximum atomic E-state index is 13.1. The van der Waals surface area contributed by atoms with Crippen LogP contribution >= 0.6 is 0 Å². The van der Waals surface area contributed by atoms with Crippen molar-refractivity contribution in [2.24, 2.45) is 0 Å². The molecule has 3 aliphatic heterocycles. The molecule has 1 saturated carbocycles. The number of halogens is 6. The Balaban J connectivity index is 0.998. The average Bonchev–Trinajstić information content (AvgIpc) is 3.66. The number of benzene rings is 1. The number of hydrogen-bond donors (Lipinski definition) is 2. The molecule has 2 amide bonds. The van der Waals surface area contributed by atoms with Crippen LogP contribution in [0.1, 0.15) is 60.1 Å². The van der Waals surface area contributed by atoms with E-state index in [2.05, 4.69) is 15.2 Å². The van der Waals surface area contributed by atoms with E-state index in [0.717, 1.165) is 37.6 Å². The Morgan fingerprint density at radius 1 is 0.979 bits per heavy atom. The summed E-state index contributed by atoms with van der Waals surface area (Å²) in [6.45, 7) is 0.950. The number of hydrogen-bond acceptors (Lipinski definition) is 7. The minimum atomic E-state index is -4.58. The number of likely N-dealkylation sites (tertiary alicyclic amines) is 2. The molecule has 3 saturated heterocycles. The van der Waals surface area contributed by atoms with E-state index in [1.54, 1.807) is 21.9 Å². The van der Waals surface area contributed by atoms with Crippen molar-refractivity contribution in [3.05, 3.63) is 59.4 Å². The summed E-state index contributed by atoms with van der Waals surface area (Å²) >= 11 is 0. The predicted molar refractivity (Wildman–Crippen MR) is 157 cm³/mol. The van der Waals surface area contributed by atoms with Gasteiger partial charge in [-0.05, 0) is 68.9 Å². The summed E-state index contributed by atoms with van der Waals surface area (Å²) < 4.78 is 83.4. The summed E-state index contributed by atoms with van der Waals surface area (Å²) in [7, 11) is 0. The number of nitrogens with one attached hydrogen (secondary N) is 1. The van der Waals surface area contributed by atoms with Crippen molar-refractivity contribution in [2.75, 3.05) is 44.2 Å². The summed E-state index contributed by atoms with van der Waals surface area (Å²) in [5, 5.41) is 14.0. The van der Waals surface area contributed by atoms with Crippen molar-refractivity contribution in [1.29, 1.82) is 0 Å². The lowest BCUT2D eigenvalue weighted by atomic mass is 9.79. The van der Waals surface area contributed by atoms with Gasteiger partial charge in [0.15, 0.2) is 6.10 Å². The topological polar surface area (TPSA) is 98.2 Å². The minimum absolute atomic E-state index is 0.0277. The molecule has 1 aliphatic carbocycles.